The summed E-state index contributed by atoms with van der Waals surface area (Å²) >= 11 is 0. The lowest BCUT2D eigenvalue weighted by atomic mass is 9.77. The molecule has 0 radical (unpaired) electrons. The van der Waals surface area contributed by atoms with Gasteiger partial charge in [0, 0.05) is 61.2 Å². The van der Waals surface area contributed by atoms with E-state index in [9.17, 15) is 14.7 Å². The number of Topliss-reactive ketones (excluding diaryl/α,β-unsaturated/α-hetero) is 1. The van der Waals surface area contributed by atoms with Crippen LogP contribution in [-0.4, -0.2) is 65.2 Å². The van der Waals surface area contributed by atoms with E-state index >= 15 is 0 Å². The van der Waals surface area contributed by atoms with E-state index < -0.39 is 5.97 Å². The number of ketones is 1. The van der Waals surface area contributed by atoms with Crippen LogP contribution in [0.2, 0.25) is 0 Å². The predicted octanol–water partition coefficient (Wildman–Crippen LogP) is 4.21. The lowest BCUT2D eigenvalue weighted by molar-refractivity contribution is -0.137. The summed E-state index contributed by atoms with van der Waals surface area (Å²) < 4.78 is 0. The van der Waals surface area contributed by atoms with Gasteiger partial charge in [-0.3, -0.25) is 4.79 Å². The van der Waals surface area contributed by atoms with Crippen LogP contribution < -0.4 is 21.3 Å². The summed E-state index contributed by atoms with van der Waals surface area (Å²) in [5, 5.41) is 26.0. The molecule has 228 valence electrons. The van der Waals surface area contributed by atoms with Crippen LogP contribution >= 0.6 is 0 Å². The first-order chi connectivity index (χ1) is 18.9. The molecule has 0 aliphatic carbocycles. The minimum absolute atomic E-state index is 0.243. The van der Waals surface area contributed by atoms with Crippen molar-refractivity contribution in [3.05, 3.63) is 0 Å². The van der Waals surface area contributed by atoms with Gasteiger partial charge in [0.2, 0.25) is 0 Å². The molecule has 0 aromatic heterocycles. The van der Waals surface area contributed by atoms with Crippen molar-refractivity contribution >= 4 is 11.8 Å². The van der Waals surface area contributed by atoms with Gasteiger partial charge in [-0.1, -0.05) is 41.5 Å². The van der Waals surface area contributed by atoms with Crippen LogP contribution in [0.25, 0.3) is 0 Å². The van der Waals surface area contributed by atoms with Crippen molar-refractivity contribution in [2.75, 3.05) is 0 Å². The van der Waals surface area contributed by atoms with Crippen LogP contribution in [-0.2, 0) is 9.59 Å². The Kier molecular flexibility index (Phi) is 9.36. The van der Waals surface area contributed by atoms with Gasteiger partial charge in [0.25, 0.3) is 0 Å². The molecule has 16 unspecified atom stereocenters. The lowest BCUT2D eigenvalue weighted by Crippen LogP contribution is -2.45. The summed E-state index contributed by atoms with van der Waals surface area (Å²) in [6.45, 7) is 16.3. The number of rotatable bonds is 6. The minimum atomic E-state index is -0.687. The van der Waals surface area contributed by atoms with Gasteiger partial charge in [-0.05, 0) is 92.8 Å². The van der Waals surface area contributed by atoms with E-state index in [4.69, 9.17) is 0 Å². The Morgan fingerprint density at radius 3 is 1.18 bits per heavy atom. The fraction of sp³-hybridized carbons (Fsp3) is 0.939. The molecule has 0 spiro atoms. The summed E-state index contributed by atoms with van der Waals surface area (Å²) in [7, 11) is 0. The molecule has 5 N–H and O–H groups in total. The maximum atomic E-state index is 12.0. The Bertz CT molecular complexity index is 844. The summed E-state index contributed by atoms with van der Waals surface area (Å²) in [5.74, 6) is 4.01. The standard InChI is InChI=1S/C33H58N4O3/c1-16(38)8-9-23-21(6)29-13-27-19(4)17(2)25(34-27)12-26-18(3)20(5)28(35-26)14-30-22(7)24(10-11-33(39)40)32(37-30)15-31(23)36-29/h17-32,34-37H,8-15H2,1-7H3,(H,39,40). The topological polar surface area (TPSA) is 102 Å². The highest BCUT2D eigenvalue weighted by Gasteiger charge is 2.50. The smallest absolute Gasteiger partial charge is 0.303 e. The van der Waals surface area contributed by atoms with Crippen molar-refractivity contribution in [1.29, 1.82) is 0 Å². The largest absolute Gasteiger partial charge is 0.481 e. The van der Waals surface area contributed by atoms with E-state index in [1.54, 1.807) is 6.92 Å². The molecule has 5 heterocycles. The number of carbonyl (C=O) groups excluding carboxylic acids is 1. The number of hydrogen-bond acceptors (Lipinski definition) is 6. The van der Waals surface area contributed by atoms with Crippen molar-refractivity contribution < 1.29 is 14.7 Å². The van der Waals surface area contributed by atoms with Crippen LogP contribution in [0.1, 0.15) is 99.8 Å². The van der Waals surface area contributed by atoms with E-state index in [0.717, 1.165) is 32.1 Å². The van der Waals surface area contributed by atoms with Gasteiger partial charge in [-0.15, -0.1) is 0 Å². The maximum absolute atomic E-state index is 12.0. The number of fused-ring (bicyclic) bond motifs is 8. The third-order valence-corrected chi connectivity index (χ3v) is 13.1. The average molecular weight is 559 g/mol. The van der Waals surface area contributed by atoms with Crippen molar-refractivity contribution in [2.24, 2.45) is 47.3 Å². The van der Waals surface area contributed by atoms with Gasteiger partial charge in [0.1, 0.15) is 5.78 Å². The molecule has 5 aliphatic rings. The van der Waals surface area contributed by atoms with Gasteiger partial charge >= 0.3 is 5.97 Å². The van der Waals surface area contributed by atoms with Gasteiger partial charge in [0.15, 0.2) is 0 Å². The molecule has 7 nitrogen and oxygen atoms in total. The monoisotopic (exact) mass is 558 g/mol. The second-order valence-electron chi connectivity index (χ2n) is 15.1. The zero-order valence-corrected chi connectivity index (χ0v) is 26.2. The maximum Gasteiger partial charge on any atom is 0.303 e. The molecule has 7 heteroatoms. The Morgan fingerprint density at radius 1 is 0.525 bits per heavy atom. The number of carbonyl (C=O) groups is 2. The first-order valence-electron chi connectivity index (χ1n) is 16.7. The van der Waals surface area contributed by atoms with E-state index in [0.29, 0.717) is 102 Å². The zero-order valence-electron chi connectivity index (χ0n) is 26.2. The Hall–Kier alpha value is -1.02. The van der Waals surface area contributed by atoms with Crippen molar-refractivity contribution in [3.8, 4) is 0 Å². The van der Waals surface area contributed by atoms with Gasteiger partial charge in [0.05, 0.1) is 0 Å². The number of aliphatic carboxylic acids is 1. The fourth-order valence-corrected chi connectivity index (χ4v) is 9.92. The van der Waals surface area contributed by atoms with Crippen molar-refractivity contribution in [1.82, 2.24) is 21.3 Å². The van der Waals surface area contributed by atoms with E-state index in [1.807, 2.05) is 0 Å². The van der Waals surface area contributed by atoms with Crippen LogP contribution in [0.4, 0.5) is 0 Å². The molecule has 5 rings (SSSR count). The average Bonchev–Trinajstić information content (AvgIpc) is 3.53. The summed E-state index contributed by atoms with van der Waals surface area (Å²) in [6, 6.07) is 3.62. The first kappa shape index (κ1) is 30.4. The molecule has 0 aromatic carbocycles. The van der Waals surface area contributed by atoms with Gasteiger partial charge < -0.3 is 31.2 Å². The molecule has 5 fully saturated rings. The quantitative estimate of drug-likeness (QED) is 0.333. The highest BCUT2D eigenvalue weighted by Crippen LogP contribution is 2.44. The zero-order chi connectivity index (χ0) is 28.9. The normalized spacial score (nSPS) is 50.8. The number of carboxylic acid groups (broad SMARTS) is 1. The van der Waals surface area contributed by atoms with Crippen LogP contribution in [0.3, 0.4) is 0 Å². The molecule has 16 atom stereocenters. The molecular weight excluding hydrogens is 500 g/mol. The molecule has 5 aliphatic heterocycles. The van der Waals surface area contributed by atoms with E-state index in [1.165, 1.54) is 6.42 Å². The highest BCUT2D eigenvalue weighted by atomic mass is 16.4. The molecular formula is C33H58N4O3. The summed E-state index contributed by atoms with van der Waals surface area (Å²) in [5.41, 5.74) is 0. The van der Waals surface area contributed by atoms with Gasteiger partial charge in [-0.25, -0.2) is 0 Å². The summed E-state index contributed by atoms with van der Waals surface area (Å²) in [4.78, 5) is 23.7. The van der Waals surface area contributed by atoms with E-state index in [-0.39, 0.29) is 12.2 Å². The molecule has 0 amide bonds. The Morgan fingerprint density at radius 2 is 0.825 bits per heavy atom. The Balaban J connectivity index is 1.44. The summed E-state index contributed by atoms with van der Waals surface area (Å²) in [6.07, 6.45) is 7.06. The van der Waals surface area contributed by atoms with Crippen LogP contribution in [0.15, 0.2) is 0 Å². The van der Waals surface area contributed by atoms with Crippen molar-refractivity contribution in [3.63, 3.8) is 0 Å². The highest BCUT2D eigenvalue weighted by molar-refractivity contribution is 5.75. The predicted molar refractivity (Wildman–Crippen MR) is 160 cm³/mol. The molecule has 0 aromatic rings. The number of nitrogens with one attached hydrogen (secondary N) is 4. The Labute approximate surface area is 243 Å². The SMILES string of the molecule is CC(=O)CCC1C2CC3NC(CC4NC(CC5NC(CC(N2)C1C)C(C)C5C)C(C)C4C)C(C)C3CCC(=O)O. The molecule has 5 saturated heterocycles. The third kappa shape index (κ3) is 6.05. The lowest BCUT2D eigenvalue weighted by Gasteiger charge is -2.28. The fourth-order valence-electron chi connectivity index (χ4n) is 9.92. The second kappa shape index (κ2) is 12.3. The molecule has 8 bridgehead atoms. The number of hydrogen-bond donors (Lipinski definition) is 5. The van der Waals surface area contributed by atoms with Gasteiger partial charge in [-0.2, -0.15) is 0 Å². The first-order valence-corrected chi connectivity index (χ1v) is 16.7. The van der Waals surface area contributed by atoms with E-state index in [2.05, 4.69) is 62.8 Å². The minimum Gasteiger partial charge on any atom is -0.481 e. The molecule has 40 heavy (non-hydrogen) atoms. The van der Waals surface area contributed by atoms with Crippen LogP contribution in [0.5, 0.6) is 0 Å². The van der Waals surface area contributed by atoms with Crippen molar-refractivity contribution in [2.45, 2.75) is 148 Å². The third-order valence-electron chi connectivity index (χ3n) is 13.1. The molecule has 0 saturated carbocycles. The van der Waals surface area contributed by atoms with Crippen LogP contribution in [0, 0.1) is 47.3 Å². The second-order valence-corrected chi connectivity index (χ2v) is 15.1. The number of carboxylic acids is 1.